The van der Waals surface area contributed by atoms with Crippen molar-refractivity contribution in [1.29, 1.82) is 0 Å². The van der Waals surface area contributed by atoms with Crippen LogP contribution in [0.4, 0.5) is 18.9 Å². The van der Waals surface area contributed by atoms with Crippen LogP contribution in [0.1, 0.15) is 31.7 Å². The van der Waals surface area contributed by atoms with Gasteiger partial charge in [0.1, 0.15) is 0 Å². The van der Waals surface area contributed by atoms with E-state index in [0.29, 0.717) is 17.0 Å². The van der Waals surface area contributed by atoms with E-state index in [2.05, 4.69) is 0 Å². The summed E-state index contributed by atoms with van der Waals surface area (Å²) in [6, 6.07) is 17.3. The molecule has 3 rings (SSSR count). The average Bonchev–Trinajstić information content (AvgIpc) is 2.81. The smallest absolute Gasteiger partial charge is 0.335 e. The molecular weight excluding hydrogens is 473 g/mol. The third-order valence-electron chi connectivity index (χ3n) is 5.50. The Kier molecular flexibility index (Phi) is 8.33. The van der Waals surface area contributed by atoms with Crippen LogP contribution in [-0.2, 0) is 20.6 Å². The third kappa shape index (κ3) is 6.44. The highest BCUT2D eigenvalue weighted by Crippen LogP contribution is 2.30. The van der Waals surface area contributed by atoms with E-state index >= 15 is 0 Å². The van der Waals surface area contributed by atoms with E-state index in [1.807, 2.05) is 49.4 Å². The minimum absolute atomic E-state index is 0.0185. The fourth-order valence-corrected chi connectivity index (χ4v) is 6.65. The Morgan fingerprint density at radius 3 is 2.21 bits per heavy atom. The number of hydrogen-bond acceptors (Lipinski definition) is 4. The molecule has 0 aliphatic carbocycles. The molecule has 1 heterocycles. The lowest BCUT2D eigenvalue weighted by Gasteiger charge is -2.35. The standard InChI is InChI=1S/C23H27F3N2O3S2/c1-2-14-28(19-8-10-20(11-9-19)32-17-18-6-4-3-5-7-18)33(30,31)21-12-15-27(16-13-21)22(29)23(24,25)26/h3-11,21H,2,12-17H2,1H3. The number of amides is 1. The summed E-state index contributed by atoms with van der Waals surface area (Å²) in [5.41, 5.74) is 1.73. The van der Waals surface area contributed by atoms with Crippen molar-refractivity contribution in [2.75, 3.05) is 23.9 Å². The number of carbonyl (C=O) groups excluding carboxylic acids is 1. The van der Waals surface area contributed by atoms with Crippen molar-refractivity contribution in [3.05, 3.63) is 60.2 Å². The van der Waals surface area contributed by atoms with E-state index in [1.165, 1.54) is 9.87 Å². The second-order valence-corrected chi connectivity index (χ2v) is 11.1. The van der Waals surface area contributed by atoms with Crippen LogP contribution in [0.25, 0.3) is 0 Å². The first kappa shape index (κ1) is 25.4. The lowest BCUT2D eigenvalue weighted by atomic mass is 10.1. The van der Waals surface area contributed by atoms with Crippen molar-refractivity contribution < 1.29 is 26.4 Å². The minimum Gasteiger partial charge on any atom is -0.335 e. The van der Waals surface area contributed by atoms with Crippen LogP contribution >= 0.6 is 11.8 Å². The molecule has 0 radical (unpaired) electrons. The number of sulfonamides is 1. The van der Waals surface area contributed by atoms with Gasteiger partial charge in [0.25, 0.3) is 0 Å². The Hall–Kier alpha value is -2.20. The first-order valence-electron chi connectivity index (χ1n) is 10.8. The van der Waals surface area contributed by atoms with Gasteiger partial charge in [0, 0.05) is 30.3 Å². The van der Waals surface area contributed by atoms with Gasteiger partial charge in [0.15, 0.2) is 0 Å². The number of anilines is 1. The van der Waals surface area contributed by atoms with E-state index < -0.39 is 27.4 Å². The number of thioether (sulfide) groups is 1. The summed E-state index contributed by atoms with van der Waals surface area (Å²) in [5.74, 6) is -1.11. The number of carbonyl (C=O) groups is 1. The van der Waals surface area contributed by atoms with Crippen LogP contribution in [0.3, 0.4) is 0 Å². The number of nitrogens with zero attached hydrogens (tertiary/aromatic N) is 2. The summed E-state index contributed by atoms with van der Waals surface area (Å²) in [5, 5.41) is -0.825. The second-order valence-electron chi connectivity index (χ2n) is 7.87. The van der Waals surface area contributed by atoms with Crippen molar-refractivity contribution >= 4 is 33.4 Å². The molecule has 2 aromatic carbocycles. The van der Waals surface area contributed by atoms with Crippen LogP contribution in [-0.4, -0.2) is 50.3 Å². The van der Waals surface area contributed by atoms with Gasteiger partial charge in [-0.15, -0.1) is 11.8 Å². The molecule has 2 aromatic rings. The first-order valence-corrected chi connectivity index (χ1v) is 13.3. The van der Waals surface area contributed by atoms with Gasteiger partial charge in [-0.2, -0.15) is 13.2 Å². The minimum atomic E-state index is -4.94. The van der Waals surface area contributed by atoms with Gasteiger partial charge in [-0.1, -0.05) is 37.3 Å². The van der Waals surface area contributed by atoms with Crippen LogP contribution in [0.15, 0.2) is 59.5 Å². The number of hydrogen-bond donors (Lipinski definition) is 0. The van der Waals surface area contributed by atoms with E-state index in [1.54, 1.807) is 23.9 Å². The molecule has 1 aliphatic rings. The maximum absolute atomic E-state index is 13.3. The van der Waals surface area contributed by atoms with Gasteiger partial charge in [-0.05, 0) is 49.1 Å². The van der Waals surface area contributed by atoms with Crippen molar-refractivity contribution in [3.63, 3.8) is 0 Å². The summed E-state index contributed by atoms with van der Waals surface area (Å²) in [4.78, 5) is 13.1. The number of piperidine rings is 1. The van der Waals surface area contributed by atoms with E-state index in [-0.39, 0.29) is 32.5 Å². The van der Waals surface area contributed by atoms with Gasteiger partial charge < -0.3 is 4.90 Å². The third-order valence-corrected chi connectivity index (χ3v) is 8.90. The molecule has 0 unspecified atom stereocenters. The molecule has 1 fully saturated rings. The zero-order valence-corrected chi connectivity index (χ0v) is 19.9. The molecule has 0 atom stereocenters. The summed E-state index contributed by atoms with van der Waals surface area (Å²) in [6.45, 7) is 1.70. The molecule has 5 nitrogen and oxygen atoms in total. The monoisotopic (exact) mass is 500 g/mol. The topological polar surface area (TPSA) is 57.7 Å². The summed E-state index contributed by atoms with van der Waals surface area (Å²) >= 11 is 1.65. The molecule has 1 saturated heterocycles. The number of rotatable bonds is 8. The summed E-state index contributed by atoms with van der Waals surface area (Å²) in [7, 11) is -3.78. The highest BCUT2D eigenvalue weighted by molar-refractivity contribution is 7.98. The number of alkyl halides is 3. The normalized spacial score (nSPS) is 15.5. The first-order chi connectivity index (χ1) is 15.6. The quantitative estimate of drug-likeness (QED) is 0.475. The van der Waals surface area contributed by atoms with Gasteiger partial charge in [0.2, 0.25) is 10.0 Å². The molecule has 1 amide bonds. The molecule has 180 valence electrons. The van der Waals surface area contributed by atoms with Crippen LogP contribution in [0, 0.1) is 0 Å². The Bertz CT molecular complexity index is 1020. The van der Waals surface area contributed by atoms with Crippen LogP contribution in [0.5, 0.6) is 0 Å². The van der Waals surface area contributed by atoms with Crippen molar-refractivity contribution in [2.24, 2.45) is 0 Å². The van der Waals surface area contributed by atoms with E-state index in [0.717, 1.165) is 10.6 Å². The highest BCUT2D eigenvalue weighted by atomic mass is 32.2. The Morgan fingerprint density at radius 1 is 1.06 bits per heavy atom. The molecular formula is C23H27F3N2O3S2. The number of benzene rings is 2. The van der Waals surface area contributed by atoms with Crippen LogP contribution in [0.2, 0.25) is 0 Å². The van der Waals surface area contributed by atoms with Gasteiger partial charge >= 0.3 is 12.1 Å². The van der Waals surface area contributed by atoms with Crippen molar-refractivity contribution in [3.8, 4) is 0 Å². The number of halogens is 3. The van der Waals surface area contributed by atoms with Crippen molar-refractivity contribution in [2.45, 2.75) is 48.3 Å². The fraction of sp³-hybridized carbons (Fsp3) is 0.435. The van der Waals surface area contributed by atoms with E-state index in [4.69, 9.17) is 0 Å². The van der Waals surface area contributed by atoms with Gasteiger partial charge in [-0.3, -0.25) is 9.10 Å². The molecule has 0 spiro atoms. The second kappa shape index (κ2) is 10.8. The molecule has 33 heavy (non-hydrogen) atoms. The highest BCUT2D eigenvalue weighted by Gasteiger charge is 2.45. The maximum Gasteiger partial charge on any atom is 0.471 e. The molecule has 0 N–H and O–H groups in total. The molecule has 10 heteroatoms. The van der Waals surface area contributed by atoms with Gasteiger partial charge in [-0.25, -0.2) is 8.42 Å². The summed E-state index contributed by atoms with van der Waals surface area (Å²) in [6.07, 6.45) is -4.39. The molecule has 1 aliphatic heterocycles. The lowest BCUT2D eigenvalue weighted by molar-refractivity contribution is -0.186. The zero-order chi connectivity index (χ0) is 24.1. The Morgan fingerprint density at radius 2 is 1.67 bits per heavy atom. The number of likely N-dealkylation sites (tertiary alicyclic amines) is 1. The zero-order valence-electron chi connectivity index (χ0n) is 18.3. The van der Waals surface area contributed by atoms with Crippen molar-refractivity contribution in [1.82, 2.24) is 4.90 Å². The molecule has 0 saturated carbocycles. The Labute approximate surface area is 197 Å². The fourth-order valence-electron chi connectivity index (χ4n) is 3.77. The average molecular weight is 501 g/mol. The molecule has 0 aromatic heterocycles. The van der Waals surface area contributed by atoms with Crippen LogP contribution < -0.4 is 4.31 Å². The predicted molar refractivity (Wildman–Crippen MR) is 125 cm³/mol. The summed E-state index contributed by atoms with van der Waals surface area (Å²) < 4.78 is 66.1. The largest absolute Gasteiger partial charge is 0.471 e. The van der Waals surface area contributed by atoms with E-state index in [9.17, 15) is 26.4 Å². The van der Waals surface area contributed by atoms with Gasteiger partial charge in [0.05, 0.1) is 10.9 Å². The Balaban J connectivity index is 1.68. The SMILES string of the molecule is CCCN(c1ccc(SCc2ccccc2)cc1)S(=O)(=O)C1CCN(C(=O)C(F)(F)F)CC1. The lowest BCUT2D eigenvalue weighted by Crippen LogP contribution is -2.50. The molecule has 0 bridgehead atoms. The maximum atomic E-state index is 13.3. The predicted octanol–water partition coefficient (Wildman–Crippen LogP) is 5.08.